The van der Waals surface area contributed by atoms with E-state index < -0.39 is 0 Å². The van der Waals surface area contributed by atoms with Crippen molar-refractivity contribution in [2.45, 2.75) is 32.4 Å². The first kappa shape index (κ1) is 11.2. The Bertz CT molecular complexity index is 398. The molecule has 0 saturated carbocycles. The summed E-state index contributed by atoms with van der Waals surface area (Å²) < 4.78 is 1.97. The van der Waals surface area contributed by atoms with Gasteiger partial charge in [-0.25, -0.2) is 0 Å². The third kappa shape index (κ3) is 2.11. The van der Waals surface area contributed by atoms with E-state index in [2.05, 4.69) is 22.2 Å². The van der Waals surface area contributed by atoms with Crippen LogP contribution in [0.1, 0.15) is 24.1 Å². The summed E-state index contributed by atoms with van der Waals surface area (Å²) in [5.41, 5.74) is 2.69. The average Bonchev–Trinajstić information content (AvgIpc) is 2.90. The molecule has 0 aliphatic carbocycles. The van der Waals surface area contributed by atoms with E-state index in [1.54, 1.807) is 0 Å². The normalized spacial score (nSPS) is 29.5. The van der Waals surface area contributed by atoms with Crippen LogP contribution in [0.25, 0.3) is 0 Å². The molecule has 4 nitrogen and oxygen atoms in total. The minimum absolute atomic E-state index is 0.793. The van der Waals surface area contributed by atoms with Crippen LogP contribution < -0.4 is 5.32 Å². The van der Waals surface area contributed by atoms with Gasteiger partial charge in [-0.1, -0.05) is 0 Å². The quantitative estimate of drug-likeness (QED) is 0.826. The van der Waals surface area contributed by atoms with Gasteiger partial charge in [-0.15, -0.1) is 0 Å². The van der Waals surface area contributed by atoms with Crippen LogP contribution in [0.3, 0.4) is 0 Å². The van der Waals surface area contributed by atoms with Crippen molar-refractivity contribution >= 4 is 0 Å². The molecule has 0 aromatic carbocycles. The minimum atomic E-state index is 0.793. The van der Waals surface area contributed by atoms with Crippen molar-refractivity contribution in [3.8, 4) is 0 Å². The summed E-state index contributed by atoms with van der Waals surface area (Å²) in [6.07, 6.45) is 4.69. The number of nitrogens with zero attached hydrogens (tertiary/aromatic N) is 3. The van der Waals surface area contributed by atoms with E-state index in [1.165, 1.54) is 43.7 Å². The molecule has 4 heteroatoms. The first-order valence-corrected chi connectivity index (χ1v) is 6.67. The third-order valence-electron chi connectivity index (χ3n) is 4.47. The van der Waals surface area contributed by atoms with Crippen molar-refractivity contribution in [1.29, 1.82) is 0 Å². The summed E-state index contributed by atoms with van der Waals surface area (Å²) >= 11 is 0. The Morgan fingerprint density at radius 3 is 3.12 bits per heavy atom. The van der Waals surface area contributed by atoms with Gasteiger partial charge in [0.15, 0.2) is 0 Å². The SMILES string of the molecule is Cc1c(CN2CCC3NCCC3C2)cnn1C. The third-order valence-corrected chi connectivity index (χ3v) is 4.47. The fourth-order valence-electron chi connectivity index (χ4n) is 3.21. The van der Waals surface area contributed by atoms with Gasteiger partial charge in [-0.2, -0.15) is 5.10 Å². The first-order valence-electron chi connectivity index (χ1n) is 6.67. The highest BCUT2D eigenvalue weighted by Gasteiger charge is 2.32. The second-order valence-electron chi connectivity index (χ2n) is 5.51. The van der Waals surface area contributed by atoms with E-state index in [0.717, 1.165) is 18.5 Å². The molecule has 2 saturated heterocycles. The average molecular weight is 234 g/mol. The van der Waals surface area contributed by atoms with Crippen molar-refractivity contribution in [3.05, 3.63) is 17.5 Å². The zero-order valence-electron chi connectivity index (χ0n) is 10.8. The molecule has 94 valence electrons. The van der Waals surface area contributed by atoms with E-state index in [4.69, 9.17) is 0 Å². The van der Waals surface area contributed by atoms with Gasteiger partial charge < -0.3 is 5.32 Å². The zero-order valence-corrected chi connectivity index (χ0v) is 10.8. The van der Waals surface area contributed by atoms with Crippen molar-refractivity contribution in [2.75, 3.05) is 19.6 Å². The molecule has 2 aliphatic rings. The number of aromatic nitrogens is 2. The van der Waals surface area contributed by atoms with Crippen LogP contribution in [-0.2, 0) is 13.6 Å². The molecular formula is C13H22N4. The van der Waals surface area contributed by atoms with E-state index in [0.29, 0.717) is 0 Å². The zero-order chi connectivity index (χ0) is 11.8. The Labute approximate surface area is 103 Å². The monoisotopic (exact) mass is 234 g/mol. The van der Waals surface area contributed by atoms with E-state index >= 15 is 0 Å². The molecule has 17 heavy (non-hydrogen) atoms. The predicted octanol–water partition coefficient (Wildman–Crippen LogP) is 0.912. The highest BCUT2D eigenvalue weighted by atomic mass is 15.3. The van der Waals surface area contributed by atoms with E-state index in [-0.39, 0.29) is 0 Å². The van der Waals surface area contributed by atoms with Gasteiger partial charge in [0.1, 0.15) is 0 Å². The summed E-state index contributed by atoms with van der Waals surface area (Å²) in [6.45, 7) is 6.93. The van der Waals surface area contributed by atoms with Crippen molar-refractivity contribution in [3.63, 3.8) is 0 Å². The molecule has 2 fully saturated rings. The standard InChI is InChI=1S/C13H22N4/c1-10-12(7-15-16(10)2)9-17-6-4-13-11(8-17)3-5-14-13/h7,11,13-14H,3-6,8-9H2,1-2H3. The van der Waals surface area contributed by atoms with Crippen LogP contribution in [-0.4, -0.2) is 40.4 Å². The van der Waals surface area contributed by atoms with Gasteiger partial charge in [0.2, 0.25) is 0 Å². The summed E-state index contributed by atoms with van der Waals surface area (Å²) in [5, 5.41) is 7.94. The smallest absolute Gasteiger partial charge is 0.0537 e. The molecule has 0 bridgehead atoms. The largest absolute Gasteiger partial charge is 0.314 e. The second kappa shape index (κ2) is 4.42. The summed E-state index contributed by atoms with van der Waals surface area (Å²) in [4.78, 5) is 2.60. The van der Waals surface area contributed by atoms with Crippen LogP contribution >= 0.6 is 0 Å². The van der Waals surface area contributed by atoms with Gasteiger partial charge in [0, 0.05) is 37.4 Å². The molecule has 3 rings (SSSR count). The number of piperidine rings is 1. The molecule has 0 radical (unpaired) electrons. The van der Waals surface area contributed by atoms with Crippen LogP contribution in [0.4, 0.5) is 0 Å². The Morgan fingerprint density at radius 1 is 1.47 bits per heavy atom. The Morgan fingerprint density at radius 2 is 2.35 bits per heavy atom. The van der Waals surface area contributed by atoms with E-state index in [9.17, 15) is 0 Å². The maximum absolute atomic E-state index is 4.33. The molecular weight excluding hydrogens is 212 g/mol. The Balaban J connectivity index is 1.64. The lowest BCUT2D eigenvalue weighted by Crippen LogP contribution is -2.43. The molecule has 1 N–H and O–H groups in total. The van der Waals surface area contributed by atoms with Crippen LogP contribution in [0.15, 0.2) is 6.20 Å². The summed E-state index contributed by atoms with van der Waals surface area (Å²) in [7, 11) is 2.02. The predicted molar refractivity (Wildman–Crippen MR) is 67.7 cm³/mol. The number of fused-ring (bicyclic) bond motifs is 1. The number of rotatable bonds is 2. The lowest BCUT2D eigenvalue weighted by Gasteiger charge is -2.34. The topological polar surface area (TPSA) is 33.1 Å². The van der Waals surface area contributed by atoms with Crippen LogP contribution in [0.5, 0.6) is 0 Å². The molecule has 2 aliphatic heterocycles. The van der Waals surface area contributed by atoms with Gasteiger partial charge in [0.05, 0.1) is 6.20 Å². The Hall–Kier alpha value is -0.870. The minimum Gasteiger partial charge on any atom is -0.314 e. The maximum atomic E-state index is 4.33. The fraction of sp³-hybridized carbons (Fsp3) is 0.769. The van der Waals surface area contributed by atoms with Crippen molar-refractivity contribution in [2.24, 2.45) is 13.0 Å². The van der Waals surface area contributed by atoms with Crippen molar-refractivity contribution < 1.29 is 0 Å². The molecule has 3 heterocycles. The number of hydrogen-bond donors (Lipinski definition) is 1. The first-order chi connectivity index (χ1) is 8.24. The van der Waals surface area contributed by atoms with Crippen LogP contribution in [0, 0.1) is 12.8 Å². The Kier molecular flexibility index (Phi) is 2.92. The van der Waals surface area contributed by atoms with Gasteiger partial charge in [0.25, 0.3) is 0 Å². The lowest BCUT2D eigenvalue weighted by molar-refractivity contribution is 0.155. The molecule has 2 unspecified atom stereocenters. The number of aryl methyl sites for hydroxylation is 1. The summed E-state index contributed by atoms with van der Waals surface area (Å²) in [5.74, 6) is 0.876. The van der Waals surface area contributed by atoms with Gasteiger partial charge >= 0.3 is 0 Å². The molecule has 0 amide bonds. The summed E-state index contributed by atoms with van der Waals surface area (Å²) in [6, 6.07) is 0.793. The number of likely N-dealkylation sites (tertiary alicyclic amines) is 1. The number of nitrogens with one attached hydrogen (secondary N) is 1. The molecule has 0 spiro atoms. The molecule has 1 aromatic heterocycles. The fourth-order valence-corrected chi connectivity index (χ4v) is 3.21. The molecule has 1 aromatic rings. The van der Waals surface area contributed by atoms with Gasteiger partial charge in [-0.3, -0.25) is 9.58 Å². The van der Waals surface area contributed by atoms with Crippen LogP contribution in [0.2, 0.25) is 0 Å². The van der Waals surface area contributed by atoms with Gasteiger partial charge in [-0.05, 0) is 38.8 Å². The lowest BCUT2D eigenvalue weighted by atomic mass is 9.93. The van der Waals surface area contributed by atoms with E-state index in [1.807, 2.05) is 17.9 Å². The highest BCUT2D eigenvalue weighted by Crippen LogP contribution is 2.25. The second-order valence-corrected chi connectivity index (χ2v) is 5.51. The maximum Gasteiger partial charge on any atom is 0.0537 e. The highest BCUT2D eigenvalue weighted by molar-refractivity contribution is 5.15. The van der Waals surface area contributed by atoms with Crippen molar-refractivity contribution in [1.82, 2.24) is 20.0 Å². The number of hydrogen-bond acceptors (Lipinski definition) is 3. The molecule has 2 atom stereocenters.